The molecule has 3 nitrogen and oxygen atoms in total. The molecule has 0 radical (unpaired) electrons. The highest BCUT2D eigenvalue weighted by atomic mass is 16.5. The fourth-order valence-electron chi connectivity index (χ4n) is 1.84. The Labute approximate surface area is 130 Å². The van der Waals surface area contributed by atoms with E-state index in [1.807, 2.05) is 60.7 Å². The van der Waals surface area contributed by atoms with Crippen LogP contribution >= 0.6 is 0 Å². The molecule has 0 unspecified atom stereocenters. The summed E-state index contributed by atoms with van der Waals surface area (Å²) < 4.78 is 4.79. The van der Waals surface area contributed by atoms with Gasteiger partial charge < -0.3 is 15.2 Å². The summed E-state index contributed by atoms with van der Waals surface area (Å²) >= 11 is 0. The Morgan fingerprint density at radius 3 is 1.55 bits per heavy atom. The van der Waals surface area contributed by atoms with E-state index in [0.717, 1.165) is 11.4 Å². The minimum atomic E-state index is 0.181. The molecule has 3 rings (SSSR count). The molecule has 0 heterocycles. The zero-order valence-corrected chi connectivity index (χ0v) is 12.4. The molecule has 0 aromatic heterocycles. The predicted molar refractivity (Wildman–Crippen MR) is 90.8 cm³/mol. The van der Waals surface area contributed by atoms with E-state index in [0.29, 0.717) is 5.75 Å². The summed E-state index contributed by atoms with van der Waals surface area (Å²) in [6.45, 7) is 0. The zero-order chi connectivity index (χ0) is 15.6. The largest absolute Gasteiger partial charge is 0.504 e. The van der Waals surface area contributed by atoms with Gasteiger partial charge in [-0.3, -0.25) is 0 Å². The molecule has 0 fully saturated rings. The first kappa shape index (κ1) is 15.4. The van der Waals surface area contributed by atoms with E-state index in [9.17, 15) is 0 Å². The third-order valence-corrected chi connectivity index (χ3v) is 2.92. The molecule has 0 spiro atoms. The molecule has 0 amide bonds. The number of aromatic hydroxyl groups is 1. The Morgan fingerprint density at radius 1 is 0.682 bits per heavy atom. The minimum absolute atomic E-state index is 0.181. The molecular formula is C19H19NO2. The number of para-hydroxylation sites is 4. The quantitative estimate of drug-likeness (QED) is 0.726. The molecule has 0 bridgehead atoms. The molecule has 3 aromatic rings. The second-order valence-electron chi connectivity index (χ2n) is 4.53. The molecule has 0 aliphatic carbocycles. The number of methoxy groups -OCH3 is 1. The Kier molecular flexibility index (Phi) is 5.88. The lowest BCUT2D eigenvalue weighted by molar-refractivity contribution is 0.373. The van der Waals surface area contributed by atoms with Crippen LogP contribution in [0.5, 0.6) is 11.5 Å². The summed E-state index contributed by atoms with van der Waals surface area (Å²) in [6.07, 6.45) is 0. The van der Waals surface area contributed by atoms with Crippen LogP contribution in [-0.2, 0) is 0 Å². The Morgan fingerprint density at radius 2 is 1.14 bits per heavy atom. The average molecular weight is 293 g/mol. The van der Waals surface area contributed by atoms with Crippen LogP contribution < -0.4 is 10.1 Å². The second-order valence-corrected chi connectivity index (χ2v) is 4.53. The van der Waals surface area contributed by atoms with E-state index < -0.39 is 0 Å². The van der Waals surface area contributed by atoms with Crippen molar-refractivity contribution in [3.63, 3.8) is 0 Å². The number of phenols is 1. The van der Waals surface area contributed by atoms with Crippen molar-refractivity contribution in [2.24, 2.45) is 0 Å². The van der Waals surface area contributed by atoms with Gasteiger partial charge in [0.05, 0.1) is 7.11 Å². The van der Waals surface area contributed by atoms with Gasteiger partial charge in [-0.2, -0.15) is 0 Å². The van der Waals surface area contributed by atoms with E-state index in [-0.39, 0.29) is 5.75 Å². The SMILES string of the molecule is COc1ccccc1O.c1ccc(Nc2ccccc2)cc1. The molecule has 0 atom stereocenters. The van der Waals surface area contributed by atoms with Crippen molar-refractivity contribution in [1.29, 1.82) is 0 Å². The third-order valence-electron chi connectivity index (χ3n) is 2.92. The van der Waals surface area contributed by atoms with Crippen LogP contribution in [0.25, 0.3) is 0 Å². The van der Waals surface area contributed by atoms with Gasteiger partial charge in [0, 0.05) is 11.4 Å². The highest BCUT2D eigenvalue weighted by Crippen LogP contribution is 2.23. The smallest absolute Gasteiger partial charge is 0.160 e. The van der Waals surface area contributed by atoms with E-state index in [1.165, 1.54) is 7.11 Å². The Bertz CT molecular complexity index is 632. The van der Waals surface area contributed by atoms with Gasteiger partial charge >= 0.3 is 0 Å². The van der Waals surface area contributed by atoms with E-state index in [4.69, 9.17) is 9.84 Å². The van der Waals surface area contributed by atoms with Gasteiger partial charge in [0.25, 0.3) is 0 Å². The van der Waals surface area contributed by atoms with Gasteiger partial charge in [-0.05, 0) is 36.4 Å². The van der Waals surface area contributed by atoms with Crippen LogP contribution in [-0.4, -0.2) is 12.2 Å². The number of rotatable bonds is 3. The van der Waals surface area contributed by atoms with Gasteiger partial charge in [0.15, 0.2) is 11.5 Å². The van der Waals surface area contributed by atoms with Crippen molar-refractivity contribution < 1.29 is 9.84 Å². The summed E-state index contributed by atoms with van der Waals surface area (Å²) in [6, 6.07) is 27.1. The van der Waals surface area contributed by atoms with Crippen molar-refractivity contribution in [3.05, 3.63) is 84.9 Å². The van der Waals surface area contributed by atoms with Gasteiger partial charge in [0.1, 0.15) is 0 Å². The summed E-state index contributed by atoms with van der Waals surface area (Å²) in [7, 11) is 1.52. The Hall–Kier alpha value is -2.94. The highest BCUT2D eigenvalue weighted by molar-refractivity contribution is 5.58. The predicted octanol–water partition coefficient (Wildman–Crippen LogP) is 4.83. The van der Waals surface area contributed by atoms with Crippen molar-refractivity contribution in [2.75, 3.05) is 12.4 Å². The molecule has 3 heteroatoms. The lowest BCUT2D eigenvalue weighted by Crippen LogP contribution is -1.87. The van der Waals surface area contributed by atoms with Crippen molar-refractivity contribution in [2.45, 2.75) is 0 Å². The van der Waals surface area contributed by atoms with Crippen LogP contribution in [0.2, 0.25) is 0 Å². The van der Waals surface area contributed by atoms with E-state index in [2.05, 4.69) is 5.32 Å². The first-order valence-corrected chi connectivity index (χ1v) is 6.98. The first-order valence-electron chi connectivity index (χ1n) is 6.98. The monoisotopic (exact) mass is 293 g/mol. The Balaban J connectivity index is 0.000000172. The number of phenolic OH excluding ortho intramolecular Hbond substituents is 1. The van der Waals surface area contributed by atoms with Gasteiger partial charge in [-0.15, -0.1) is 0 Å². The number of hydrogen-bond donors (Lipinski definition) is 2. The molecule has 0 saturated heterocycles. The highest BCUT2D eigenvalue weighted by Gasteiger charge is 1.94. The number of nitrogens with one attached hydrogen (secondary N) is 1. The zero-order valence-electron chi connectivity index (χ0n) is 12.4. The van der Waals surface area contributed by atoms with Crippen molar-refractivity contribution in [3.8, 4) is 11.5 Å². The molecule has 22 heavy (non-hydrogen) atoms. The molecule has 0 aliphatic heterocycles. The number of anilines is 2. The number of benzene rings is 3. The molecule has 0 aliphatic rings. The van der Waals surface area contributed by atoms with E-state index in [1.54, 1.807) is 24.3 Å². The van der Waals surface area contributed by atoms with Gasteiger partial charge in [0.2, 0.25) is 0 Å². The molecular weight excluding hydrogens is 274 g/mol. The maximum Gasteiger partial charge on any atom is 0.160 e. The second kappa shape index (κ2) is 8.37. The summed E-state index contributed by atoms with van der Waals surface area (Å²) in [5, 5.41) is 12.3. The van der Waals surface area contributed by atoms with Crippen LogP contribution in [0.1, 0.15) is 0 Å². The fourth-order valence-corrected chi connectivity index (χ4v) is 1.84. The average Bonchev–Trinajstić information content (AvgIpc) is 2.58. The summed E-state index contributed by atoms with van der Waals surface area (Å²) in [5.41, 5.74) is 2.24. The molecule has 2 N–H and O–H groups in total. The van der Waals surface area contributed by atoms with Crippen LogP contribution in [0, 0.1) is 0 Å². The van der Waals surface area contributed by atoms with Crippen molar-refractivity contribution >= 4 is 11.4 Å². The van der Waals surface area contributed by atoms with Crippen LogP contribution in [0.3, 0.4) is 0 Å². The number of ether oxygens (including phenoxy) is 1. The lowest BCUT2D eigenvalue weighted by Gasteiger charge is -2.04. The maximum absolute atomic E-state index is 8.99. The standard InChI is InChI=1S/C12H11N.C7H8O2/c1-3-7-11(8-4-1)13-12-9-5-2-6-10-12;1-9-7-5-3-2-4-6(7)8/h1-10,13H;2-5,8H,1H3. The molecule has 112 valence electrons. The minimum Gasteiger partial charge on any atom is -0.504 e. The fraction of sp³-hybridized carbons (Fsp3) is 0.0526. The normalized spacial score (nSPS) is 9.32. The van der Waals surface area contributed by atoms with Crippen LogP contribution in [0.15, 0.2) is 84.9 Å². The lowest BCUT2D eigenvalue weighted by atomic mass is 10.3. The van der Waals surface area contributed by atoms with E-state index >= 15 is 0 Å². The van der Waals surface area contributed by atoms with Gasteiger partial charge in [-0.25, -0.2) is 0 Å². The maximum atomic E-state index is 8.99. The summed E-state index contributed by atoms with van der Waals surface area (Å²) in [4.78, 5) is 0. The van der Waals surface area contributed by atoms with Crippen LogP contribution in [0.4, 0.5) is 11.4 Å². The third kappa shape index (κ3) is 4.87. The first-order chi connectivity index (χ1) is 10.8. The summed E-state index contributed by atoms with van der Waals surface area (Å²) in [5.74, 6) is 0.692. The molecule has 0 saturated carbocycles. The van der Waals surface area contributed by atoms with Crippen molar-refractivity contribution in [1.82, 2.24) is 0 Å². The topological polar surface area (TPSA) is 41.5 Å². The molecule has 3 aromatic carbocycles. The van der Waals surface area contributed by atoms with Gasteiger partial charge in [-0.1, -0.05) is 48.5 Å². The number of hydrogen-bond acceptors (Lipinski definition) is 3.